The zero-order valence-corrected chi connectivity index (χ0v) is 20.6. The Morgan fingerprint density at radius 3 is 2.31 bits per heavy atom. The van der Waals surface area contributed by atoms with Crippen LogP contribution < -0.4 is 10.1 Å². The van der Waals surface area contributed by atoms with Gasteiger partial charge in [-0.3, -0.25) is 4.79 Å². The zero-order valence-electron chi connectivity index (χ0n) is 16.8. The molecule has 0 heterocycles. The van der Waals surface area contributed by atoms with Crippen LogP contribution >= 0.6 is 50.7 Å². The number of ether oxygens (including phenoxy) is 1. The van der Waals surface area contributed by atoms with Gasteiger partial charge in [-0.2, -0.15) is 5.26 Å². The molecule has 0 unspecified atom stereocenters. The van der Waals surface area contributed by atoms with Crippen LogP contribution in [0.1, 0.15) is 16.7 Å². The molecule has 0 atom stereocenters. The molecule has 0 spiro atoms. The molecule has 1 amide bonds. The molecule has 0 saturated heterocycles. The normalized spacial score (nSPS) is 11.1. The molecule has 3 aromatic rings. The number of anilines is 1. The second kappa shape index (κ2) is 10.9. The summed E-state index contributed by atoms with van der Waals surface area (Å²) in [6.45, 7) is 2.14. The van der Waals surface area contributed by atoms with Gasteiger partial charge in [0.2, 0.25) is 0 Å². The van der Waals surface area contributed by atoms with Crippen molar-refractivity contribution in [3.8, 4) is 11.8 Å². The van der Waals surface area contributed by atoms with E-state index in [1.165, 1.54) is 6.08 Å². The van der Waals surface area contributed by atoms with E-state index in [9.17, 15) is 10.1 Å². The Morgan fingerprint density at radius 2 is 1.72 bits per heavy atom. The lowest BCUT2D eigenvalue weighted by Crippen LogP contribution is -2.13. The number of nitrogens with one attached hydrogen (secondary N) is 1. The first kappa shape index (κ1) is 24.2. The maximum Gasteiger partial charge on any atom is 0.266 e. The van der Waals surface area contributed by atoms with Crippen LogP contribution in [0.5, 0.6) is 5.75 Å². The smallest absolute Gasteiger partial charge is 0.266 e. The number of rotatable bonds is 6. The molecule has 4 nitrogen and oxygen atoms in total. The van der Waals surface area contributed by atoms with Crippen LogP contribution in [0.25, 0.3) is 6.08 Å². The molecule has 162 valence electrons. The van der Waals surface area contributed by atoms with Gasteiger partial charge in [0.25, 0.3) is 5.91 Å². The average molecular weight is 551 g/mol. The lowest BCUT2D eigenvalue weighted by atomic mass is 10.1. The van der Waals surface area contributed by atoms with E-state index < -0.39 is 5.91 Å². The van der Waals surface area contributed by atoms with Crippen LogP contribution in [0, 0.1) is 18.3 Å². The fourth-order valence-corrected chi connectivity index (χ4v) is 3.78. The maximum absolute atomic E-state index is 12.5. The van der Waals surface area contributed by atoms with Crippen molar-refractivity contribution in [2.75, 3.05) is 5.32 Å². The van der Waals surface area contributed by atoms with Crippen LogP contribution in [0.15, 0.2) is 64.6 Å². The molecule has 0 aliphatic heterocycles. The summed E-state index contributed by atoms with van der Waals surface area (Å²) < 4.78 is 6.74. The summed E-state index contributed by atoms with van der Waals surface area (Å²) in [6.07, 6.45) is 1.40. The van der Waals surface area contributed by atoms with Gasteiger partial charge in [0.15, 0.2) is 5.75 Å². The fourth-order valence-electron chi connectivity index (χ4n) is 2.72. The molecule has 0 aromatic heterocycles. The van der Waals surface area contributed by atoms with Gasteiger partial charge in [0, 0.05) is 15.2 Å². The van der Waals surface area contributed by atoms with Gasteiger partial charge in [-0.15, -0.1) is 0 Å². The number of hydrogen-bond donors (Lipinski definition) is 1. The van der Waals surface area contributed by atoms with Crippen LogP contribution in [-0.2, 0) is 11.4 Å². The Balaban J connectivity index is 1.77. The second-order valence-corrected chi connectivity index (χ2v) is 8.95. The van der Waals surface area contributed by atoms with Crippen LogP contribution in [0.4, 0.5) is 5.69 Å². The summed E-state index contributed by atoms with van der Waals surface area (Å²) in [4.78, 5) is 12.5. The summed E-state index contributed by atoms with van der Waals surface area (Å²) in [5.41, 5.74) is 2.69. The number of benzene rings is 3. The van der Waals surface area contributed by atoms with Gasteiger partial charge in [-0.25, -0.2) is 0 Å². The monoisotopic (exact) mass is 548 g/mol. The van der Waals surface area contributed by atoms with Crippen molar-refractivity contribution in [2.24, 2.45) is 0 Å². The minimum Gasteiger partial charge on any atom is -0.486 e. The van der Waals surface area contributed by atoms with Crippen molar-refractivity contribution < 1.29 is 9.53 Å². The minimum absolute atomic E-state index is 0.114. The highest BCUT2D eigenvalue weighted by Crippen LogP contribution is 2.35. The molecule has 0 fully saturated rings. The number of carbonyl (C=O) groups is 1. The van der Waals surface area contributed by atoms with E-state index in [1.54, 1.807) is 30.3 Å². The molecule has 1 N–H and O–H groups in total. The fraction of sp³-hybridized carbons (Fsp3) is 0.0833. The standard InChI is InChI=1S/C24H16BrCl3N2O2/c1-14-2-7-19(11-20(14)26)30-24(31)17(12-29)8-16-9-21(27)23(22(28)10-16)32-13-15-3-5-18(25)6-4-15/h2-11H,13H2,1H3,(H,30,31)/b17-8-. The second-order valence-electron chi connectivity index (χ2n) is 6.82. The van der Waals surface area contributed by atoms with Crippen LogP contribution in [0.3, 0.4) is 0 Å². The molecule has 0 radical (unpaired) electrons. The van der Waals surface area contributed by atoms with Gasteiger partial charge in [0.05, 0.1) is 10.0 Å². The largest absolute Gasteiger partial charge is 0.486 e. The Hall–Kier alpha value is -2.49. The van der Waals surface area contributed by atoms with E-state index in [2.05, 4.69) is 21.2 Å². The van der Waals surface area contributed by atoms with Crippen LogP contribution in [-0.4, -0.2) is 5.91 Å². The van der Waals surface area contributed by atoms with Gasteiger partial charge in [0.1, 0.15) is 18.2 Å². The van der Waals surface area contributed by atoms with Gasteiger partial charge in [-0.05, 0) is 66.1 Å². The predicted octanol–water partition coefficient (Wildman–Crippen LogP) is 7.84. The molecule has 0 saturated carbocycles. The summed E-state index contributed by atoms with van der Waals surface area (Å²) >= 11 is 22.2. The molecule has 0 aliphatic carbocycles. The first-order valence-electron chi connectivity index (χ1n) is 9.32. The topological polar surface area (TPSA) is 62.1 Å². The van der Waals surface area contributed by atoms with Crippen molar-refractivity contribution in [2.45, 2.75) is 13.5 Å². The molecule has 8 heteroatoms. The van der Waals surface area contributed by atoms with Gasteiger partial charge in [-0.1, -0.05) is 68.9 Å². The minimum atomic E-state index is -0.574. The lowest BCUT2D eigenvalue weighted by molar-refractivity contribution is -0.112. The van der Waals surface area contributed by atoms with Crippen LogP contribution in [0.2, 0.25) is 15.1 Å². The number of carbonyl (C=O) groups excluding carboxylic acids is 1. The number of aryl methyl sites for hydroxylation is 1. The van der Waals surface area contributed by atoms with Crippen molar-refractivity contribution in [3.05, 3.63) is 96.4 Å². The van der Waals surface area contributed by atoms with E-state index in [1.807, 2.05) is 37.3 Å². The highest BCUT2D eigenvalue weighted by atomic mass is 79.9. The first-order valence-corrected chi connectivity index (χ1v) is 11.2. The maximum atomic E-state index is 12.5. The van der Waals surface area contributed by atoms with Crippen molar-refractivity contribution in [1.82, 2.24) is 0 Å². The summed E-state index contributed by atoms with van der Waals surface area (Å²) in [5.74, 6) is -0.249. The quantitative estimate of drug-likeness (QED) is 0.251. The lowest BCUT2D eigenvalue weighted by Gasteiger charge is -2.11. The number of hydrogen-bond acceptors (Lipinski definition) is 3. The van der Waals surface area contributed by atoms with E-state index in [0.717, 1.165) is 15.6 Å². The van der Waals surface area contributed by atoms with Gasteiger partial charge < -0.3 is 10.1 Å². The first-order chi connectivity index (χ1) is 15.3. The van der Waals surface area contributed by atoms with Crippen molar-refractivity contribution >= 4 is 68.4 Å². The molecule has 0 aliphatic rings. The summed E-state index contributed by atoms with van der Waals surface area (Å²) in [6, 6.07) is 17.8. The predicted molar refractivity (Wildman–Crippen MR) is 133 cm³/mol. The third kappa shape index (κ3) is 6.27. The van der Waals surface area contributed by atoms with Crippen molar-refractivity contribution in [1.29, 1.82) is 5.26 Å². The summed E-state index contributed by atoms with van der Waals surface area (Å²) in [5, 5.41) is 13.2. The Labute approximate surface area is 209 Å². The summed E-state index contributed by atoms with van der Waals surface area (Å²) in [7, 11) is 0. The third-order valence-corrected chi connectivity index (χ3v) is 5.92. The Morgan fingerprint density at radius 1 is 1.06 bits per heavy atom. The molecular weight excluding hydrogens is 535 g/mol. The number of nitriles is 1. The van der Waals surface area contributed by atoms with E-state index in [-0.39, 0.29) is 22.2 Å². The number of nitrogens with zero attached hydrogens (tertiary/aromatic N) is 1. The molecule has 3 rings (SSSR count). The molecule has 3 aromatic carbocycles. The SMILES string of the molecule is Cc1ccc(NC(=O)/C(C#N)=C\c2cc(Cl)c(OCc3ccc(Br)cc3)c(Cl)c2)cc1Cl. The molecule has 0 bridgehead atoms. The van der Waals surface area contributed by atoms with E-state index in [0.29, 0.717) is 22.0 Å². The number of amides is 1. The molecular formula is C24H16BrCl3N2O2. The number of halogens is 4. The molecule has 32 heavy (non-hydrogen) atoms. The Kier molecular flexibility index (Phi) is 8.22. The van der Waals surface area contributed by atoms with Gasteiger partial charge >= 0.3 is 0 Å². The zero-order chi connectivity index (χ0) is 23.3. The Bertz CT molecular complexity index is 1210. The van der Waals surface area contributed by atoms with Crippen molar-refractivity contribution in [3.63, 3.8) is 0 Å². The van der Waals surface area contributed by atoms with E-state index >= 15 is 0 Å². The highest BCUT2D eigenvalue weighted by Gasteiger charge is 2.14. The third-order valence-electron chi connectivity index (χ3n) is 4.42. The average Bonchev–Trinajstić information content (AvgIpc) is 2.75. The highest BCUT2D eigenvalue weighted by molar-refractivity contribution is 9.10. The van der Waals surface area contributed by atoms with E-state index in [4.69, 9.17) is 39.5 Å².